The largest absolute Gasteiger partial charge is 0.492 e. The average Bonchev–Trinajstić information content (AvgIpc) is 2.72. The molecule has 0 heterocycles. The number of aldehydes is 1. The number of carbonyl (C=O) groups excluding carboxylic acids is 1. The number of hydrogen-bond donors (Lipinski definition) is 0. The van der Waals surface area contributed by atoms with Gasteiger partial charge in [0.25, 0.3) is 0 Å². The molecule has 0 saturated carbocycles. The van der Waals surface area contributed by atoms with Gasteiger partial charge in [0.2, 0.25) is 5.75 Å². The van der Waals surface area contributed by atoms with Gasteiger partial charge in [0.05, 0.1) is 11.6 Å². The van der Waals surface area contributed by atoms with Crippen LogP contribution in [0.25, 0.3) is 0 Å². The van der Waals surface area contributed by atoms with Crippen LogP contribution in [-0.2, 0) is 13.2 Å². The summed E-state index contributed by atoms with van der Waals surface area (Å²) in [5.74, 6) is 1.34. The first-order valence-corrected chi connectivity index (χ1v) is 9.21. The van der Waals surface area contributed by atoms with Crippen LogP contribution in [-0.4, -0.2) is 13.4 Å². The fourth-order valence-corrected chi connectivity index (χ4v) is 3.14. The summed E-state index contributed by atoms with van der Waals surface area (Å²) in [6.45, 7) is 0.706. The first-order valence-electron chi connectivity index (χ1n) is 8.42. The van der Waals surface area contributed by atoms with E-state index in [1.165, 1.54) is 7.11 Å². The van der Waals surface area contributed by atoms with Gasteiger partial charge in [-0.25, -0.2) is 0 Å². The van der Waals surface area contributed by atoms with Gasteiger partial charge >= 0.3 is 0 Å². The van der Waals surface area contributed by atoms with Crippen LogP contribution in [0, 0.1) is 0 Å². The van der Waals surface area contributed by atoms with Crippen molar-refractivity contribution in [3.63, 3.8) is 0 Å². The Morgan fingerprint density at radius 3 is 1.93 bits per heavy atom. The van der Waals surface area contributed by atoms with E-state index in [9.17, 15) is 4.79 Å². The van der Waals surface area contributed by atoms with Crippen LogP contribution in [0.1, 0.15) is 21.5 Å². The second kappa shape index (κ2) is 9.24. The highest BCUT2D eigenvalue weighted by atomic mass is 79.9. The Bertz CT molecular complexity index is 895. The summed E-state index contributed by atoms with van der Waals surface area (Å²) >= 11 is 3.42. The van der Waals surface area contributed by atoms with Crippen molar-refractivity contribution in [2.24, 2.45) is 0 Å². The van der Waals surface area contributed by atoms with Crippen LogP contribution >= 0.6 is 15.9 Å². The summed E-state index contributed by atoms with van der Waals surface area (Å²) in [7, 11) is 1.53. The first kappa shape index (κ1) is 19.0. The standard InChI is InChI=1S/C22H19BrO4/c1-25-22-20(23)18(13-24)12-19(26-14-16-8-4-2-5-9-16)21(22)27-15-17-10-6-3-7-11-17/h2-13H,14-15H2,1H3. The third-order valence-electron chi connectivity index (χ3n) is 3.96. The quantitative estimate of drug-likeness (QED) is 0.450. The number of ether oxygens (including phenoxy) is 3. The van der Waals surface area contributed by atoms with E-state index in [1.807, 2.05) is 60.7 Å². The SMILES string of the molecule is COc1c(Br)c(C=O)cc(OCc2ccccc2)c1OCc1ccccc1. The van der Waals surface area contributed by atoms with Crippen molar-refractivity contribution >= 4 is 22.2 Å². The zero-order valence-electron chi connectivity index (χ0n) is 14.9. The molecule has 3 aromatic carbocycles. The fraction of sp³-hybridized carbons (Fsp3) is 0.136. The van der Waals surface area contributed by atoms with Crippen molar-refractivity contribution in [1.82, 2.24) is 0 Å². The Kier molecular flexibility index (Phi) is 6.49. The van der Waals surface area contributed by atoms with E-state index in [0.29, 0.717) is 40.5 Å². The van der Waals surface area contributed by atoms with Gasteiger partial charge in [-0.2, -0.15) is 0 Å². The summed E-state index contributed by atoms with van der Waals surface area (Å²) < 4.78 is 18.0. The molecule has 0 aromatic heterocycles. The van der Waals surface area contributed by atoms with E-state index in [2.05, 4.69) is 15.9 Å². The minimum atomic E-state index is 0.353. The second-order valence-corrected chi connectivity index (χ2v) is 6.60. The van der Waals surface area contributed by atoms with E-state index in [0.717, 1.165) is 17.4 Å². The lowest BCUT2D eigenvalue weighted by Crippen LogP contribution is -2.04. The van der Waals surface area contributed by atoms with E-state index >= 15 is 0 Å². The molecular formula is C22H19BrO4. The number of methoxy groups -OCH3 is 1. The van der Waals surface area contributed by atoms with Gasteiger partial charge in [0.15, 0.2) is 17.8 Å². The molecule has 0 aliphatic heterocycles. The second-order valence-electron chi connectivity index (χ2n) is 5.81. The van der Waals surface area contributed by atoms with E-state index < -0.39 is 0 Å². The summed E-state index contributed by atoms with van der Waals surface area (Å²) in [5, 5.41) is 0. The Balaban J connectivity index is 1.91. The molecule has 0 fully saturated rings. The van der Waals surface area contributed by atoms with Crippen molar-refractivity contribution < 1.29 is 19.0 Å². The lowest BCUT2D eigenvalue weighted by molar-refractivity contribution is 0.112. The van der Waals surface area contributed by atoms with Gasteiger partial charge in [0.1, 0.15) is 13.2 Å². The number of benzene rings is 3. The zero-order chi connectivity index (χ0) is 19.1. The van der Waals surface area contributed by atoms with Gasteiger partial charge in [-0.3, -0.25) is 4.79 Å². The molecular weight excluding hydrogens is 408 g/mol. The van der Waals surface area contributed by atoms with Crippen molar-refractivity contribution in [1.29, 1.82) is 0 Å². The molecule has 0 unspecified atom stereocenters. The fourth-order valence-electron chi connectivity index (χ4n) is 2.59. The van der Waals surface area contributed by atoms with Crippen LogP contribution < -0.4 is 14.2 Å². The Morgan fingerprint density at radius 2 is 1.41 bits per heavy atom. The highest BCUT2D eigenvalue weighted by molar-refractivity contribution is 9.10. The molecule has 3 aromatic rings. The molecule has 27 heavy (non-hydrogen) atoms. The highest BCUT2D eigenvalue weighted by Crippen LogP contribution is 2.45. The Hall–Kier alpha value is -2.79. The highest BCUT2D eigenvalue weighted by Gasteiger charge is 2.20. The number of rotatable bonds is 8. The minimum Gasteiger partial charge on any atom is -0.492 e. The number of carbonyl (C=O) groups is 1. The van der Waals surface area contributed by atoms with Gasteiger partial charge in [-0.05, 0) is 33.1 Å². The predicted molar refractivity (Wildman–Crippen MR) is 108 cm³/mol. The molecule has 0 radical (unpaired) electrons. The van der Waals surface area contributed by atoms with Crippen molar-refractivity contribution in [2.45, 2.75) is 13.2 Å². The Labute approximate surface area is 166 Å². The third kappa shape index (κ3) is 4.68. The molecule has 3 rings (SSSR count). The van der Waals surface area contributed by atoms with Crippen molar-refractivity contribution in [3.8, 4) is 17.2 Å². The van der Waals surface area contributed by atoms with Crippen LogP contribution in [0.15, 0.2) is 71.2 Å². The topological polar surface area (TPSA) is 44.8 Å². The average molecular weight is 427 g/mol. The molecule has 0 spiro atoms. The monoisotopic (exact) mass is 426 g/mol. The Morgan fingerprint density at radius 1 is 0.852 bits per heavy atom. The number of halogens is 1. The molecule has 5 heteroatoms. The first-order chi connectivity index (χ1) is 13.2. The maximum absolute atomic E-state index is 11.4. The lowest BCUT2D eigenvalue weighted by atomic mass is 10.2. The molecule has 0 aliphatic rings. The predicted octanol–water partition coefficient (Wildman–Crippen LogP) is 5.43. The summed E-state index contributed by atoms with van der Waals surface area (Å²) in [6.07, 6.45) is 0.753. The van der Waals surface area contributed by atoms with Gasteiger partial charge in [-0.15, -0.1) is 0 Å². The molecule has 0 N–H and O–H groups in total. The van der Waals surface area contributed by atoms with Gasteiger partial charge in [-0.1, -0.05) is 60.7 Å². The van der Waals surface area contributed by atoms with Crippen LogP contribution in [0.5, 0.6) is 17.2 Å². The maximum Gasteiger partial charge on any atom is 0.205 e. The smallest absolute Gasteiger partial charge is 0.205 e. The molecule has 4 nitrogen and oxygen atoms in total. The minimum absolute atomic E-state index is 0.353. The summed E-state index contributed by atoms with van der Waals surface area (Å²) in [5.41, 5.74) is 2.46. The van der Waals surface area contributed by atoms with Gasteiger partial charge < -0.3 is 14.2 Å². The third-order valence-corrected chi connectivity index (χ3v) is 4.78. The van der Waals surface area contributed by atoms with E-state index in [1.54, 1.807) is 6.07 Å². The van der Waals surface area contributed by atoms with E-state index in [4.69, 9.17) is 14.2 Å². The summed E-state index contributed by atoms with van der Waals surface area (Å²) in [6, 6.07) is 21.3. The van der Waals surface area contributed by atoms with Crippen LogP contribution in [0.3, 0.4) is 0 Å². The maximum atomic E-state index is 11.4. The molecule has 0 aliphatic carbocycles. The molecule has 0 amide bonds. The molecule has 0 atom stereocenters. The molecule has 0 bridgehead atoms. The lowest BCUT2D eigenvalue weighted by Gasteiger charge is -2.18. The number of hydrogen-bond acceptors (Lipinski definition) is 4. The van der Waals surface area contributed by atoms with Gasteiger partial charge in [0, 0.05) is 5.56 Å². The zero-order valence-corrected chi connectivity index (χ0v) is 16.4. The van der Waals surface area contributed by atoms with Crippen LogP contribution in [0.2, 0.25) is 0 Å². The van der Waals surface area contributed by atoms with Crippen LogP contribution in [0.4, 0.5) is 0 Å². The van der Waals surface area contributed by atoms with E-state index in [-0.39, 0.29) is 0 Å². The van der Waals surface area contributed by atoms with Crippen molar-refractivity contribution in [3.05, 3.63) is 87.9 Å². The molecule has 0 saturated heterocycles. The normalized spacial score (nSPS) is 10.3. The molecule has 138 valence electrons. The summed E-state index contributed by atoms with van der Waals surface area (Å²) in [4.78, 5) is 11.4. The van der Waals surface area contributed by atoms with Crippen molar-refractivity contribution in [2.75, 3.05) is 7.11 Å².